The number of hydrogen-bond donors (Lipinski definition) is 1. The average Bonchev–Trinajstić information content (AvgIpc) is 2.66. The Kier molecular flexibility index (Phi) is 6.28. The van der Waals surface area contributed by atoms with Crippen LogP contribution in [0.1, 0.15) is 32.1 Å². The molecule has 8 nitrogen and oxygen atoms in total. The molecule has 150 valence electrons. The Morgan fingerprint density at radius 1 is 1.29 bits per heavy atom. The maximum atomic E-state index is 12.1. The van der Waals surface area contributed by atoms with Gasteiger partial charge in [0.05, 0.1) is 20.1 Å². The van der Waals surface area contributed by atoms with Gasteiger partial charge in [-0.25, -0.2) is 9.59 Å². The lowest BCUT2D eigenvalue weighted by Crippen LogP contribution is -2.38. The fourth-order valence-electron chi connectivity index (χ4n) is 3.45. The maximum Gasteiger partial charge on any atom is 0.411 e. The molecule has 1 N–H and O–H groups in total. The molecule has 1 aliphatic heterocycles. The summed E-state index contributed by atoms with van der Waals surface area (Å²) in [5.41, 5.74) is 0.0335. The molecule has 1 saturated carbocycles. The van der Waals surface area contributed by atoms with Crippen LogP contribution >= 0.6 is 0 Å². The molecular weight excluding hydrogens is 366 g/mol. The van der Waals surface area contributed by atoms with Crippen molar-refractivity contribution in [3.8, 4) is 0 Å². The van der Waals surface area contributed by atoms with Crippen molar-refractivity contribution in [1.29, 1.82) is 0 Å². The summed E-state index contributed by atoms with van der Waals surface area (Å²) in [6, 6.07) is 0. The van der Waals surface area contributed by atoms with E-state index in [1.54, 1.807) is 18.2 Å². The molecule has 1 heterocycles. The number of methoxy groups -OCH3 is 1. The van der Waals surface area contributed by atoms with Crippen molar-refractivity contribution in [2.45, 2.75) is 38.2 Å². The summed E-state index contributed by atoms with van der Waals surface area (Å²) >= 11 is 0. The Morgan fingerprint density at radius 3 is 2.86 bits per heavy atom. The topological polar surface area (TPSA) is 108 Å². The highest BCUT2D eigenvalue weighted by atomic mass is 16.6. The largest absolute Gasteiger partial charge is 0.497 e. The monoisotopic (exact) mass is 389 g/mol. The average molecular weight is 389 g/mol. The zero-order chi connectivity index (χ0) is 20.1. The number of Topliss-reactive ketones (excluding diaryl/α,β-unsaturated/α-hetero) is 2. The van der Waals surface area contributed by atoms with Crippen LogP contribution in [-0.2, 0) is 28.6 Å². The Labute approximate surface area is 162 Å². The molecule has 0 spiro atoms. The van der Waals surface area contributed by atoms with Crippen molar-refractivity contribution < 1.29 is 33.4 Å². The van der Waals surface area contributed by atoms with E-state index in [4.69, 9.17) is 14.2 Å². The number of ether oxygens (including phenoxy) is 3. The van der Waals surface area contributed by atoms with Crippen LogP contribution in [0.2, 0.25) is 0 Å². The lowest BCUT2D eigenvalue weighted by Gasteiger charge is -2.28. The minimum absolute atomic E-state index is 0.00601. The molecule has 1 amide bonds. The number of carbonyl (C=O) groups excluding carboxylic acids is 4. The first-order valence-corrected chi connectivity index (χ1v) is 9.31. The Bertz CT molecular complexity index is 765. The standard InChI is InChI=1S/C20H23NO7/c1-26-15-7-5-13-9-16(19(24)28-18(13)11-15)21-20(25)27-8-2-3-12-4-6-14(22)10-17(12)23/h5,7,9,11-13,18H,2-4,6,8,10H2,1H3,(H,21,25). The number of alkyl carbamates (subject to hydrolysis) is 1. The highest BCUT2D eigenvalue weighted by molar-refractivity contribution is 6.02. The molecule has 1 fully saturated rings. The lowest BCUT2D eigenvalue weighted by molar-refractivity contribution is -0.145. The predicted molar refractivity (Wildman–Crippen MR) is 96.8 cm³/mol. The molecule has 28 heavy (non-hydrogen) atoms. The number of amides is 1. The minimum atomic E-state index is -0.750. The fraction of sp³-hybridized carbons (Fsp3) is 0.500. The Morgan fingerprint density at radius 2 is 2.11 bits per heavy atom. The number of allylic oxidation sites excluding steroid dienone is 1. The third kappa shape index (κ3) is 4.88. The van der Waals surface area contributed by atoms with Crippen LogP contribution in [0.3, 0.4) is 0 Å². The first-order chi connectivity index (χ1) is 13.5. The second kappa shape index (κ2) is 8.86. The van der Waals surface area contributed by atoms with Gasteiger partial charge >= 0.3 is 12.1 Å². The summed E-state index contributed by atoms with van der Waals surface area (Å²) in [5.74, 6) is -0.394. The van der Waals surface area contributed by atoms with Gasteiger partial charge < -0.3 is 14.2 Å². The molecule has 8 heteroatoms. The molecule has 2 aliphatic carbocycles. The molecule has 0 radical (unpaired) electrons. The van der Waals surface area contributed by atoms with E-state index in [0.29, 0.717) is 31.4 Å². The van der Waals surface area contributed by atoms with E-state index in [2.05, 4.69) is 5.32 Å². The Hall–Kier alpha value is -2.90. The molecule has 0 aromatic rings. The normalized spacial score (nSPS) is 26.6. The van der Waals surface area contributed by atoms with Crippen LogP contribution in [0.25, 0.3) is 0 Å². The summed E-state index contributed by atoms with van der Waals surface area (Å²) in [7, 11) is 1.53. The summed E-state index contributed by atoms with van der Waals surface area (Å²) < 4.78 is 15.5. The van der Waals surface area contributed by atoms with Gasteiger partial charge in [0.15, 0.2) is 0 Å². The molecule has 0 aromatic carbocycles. The number of carbonyl (C=O) groups is 4. The number of rotatable bonds is 6. The van der Waals surface area contributed by atoms with Crippen LogP contribution in [-0.4, -0.2) is 43.4 Å². The SMILES string of the molecule is COC1=CC2OC(=O)C(NC(=O)OCCCC3CCC(=O)CC3=O)=CC2C=C1. The molecule has 3 aliphatic rings. The van der Waals surface area contributed by atoms with Crippen molar-refractivity contribution in [2.24, 2.45) is 11.8 Å². The van der Waals surface area contributed by atoms with Crippen molar-refractivity contribution in [3.63, 3.8) is 0 Å². The van der Waals surface area contributed by atoms with Gasteiger partial charge in [-0.1, -0.05) is 6.08 Å². The first kappa shape index (κ1) is 19.9. The molecule has 3 unspecified atom stereocenters. The van der Waals surface area contributed by atoms with Gasteiger partial charge in [0.25, 0.3) is 0 Å². The summed E-state index contributed by atoms with van der Waals surface area (Å²) in [5, 5.41) is 2.41. The molecule has 3 atom stereocenters. The van der Waals surface area contributed by atoms with Gasteiger partial charge in [-0.2, -0.15) is 0 Å². The zero-order valence-electron chi connectivity index (χ0n) is 15.6. The van der Waals surface area contributed by atoms with E-state index in [-0.39, 0.29) is 42.1 Å². The van der Waals surface area contributed by atoms with E-state index in [9.17, 15) is 19.2 Å². The van der Waals surface area contributed by atoms with Gasteiger partial charge in [0.2, 0.25) is 0 Å². The van der Waals surface area contributed by atoms with Crippen molar-refractivity contribution in [2.75, 3.05) is 13.7 Å². The van der Waals surface area contributed by atoms with Crippen molar-refractivity contribution >= 4 is 23.6 Å². The third-order valence-electron chi connectivity index (χ3n) is 5.01. The Balaban J connectivity index is 1.42. The predicted octanol–water partition coefficient (Wildman–Crippen LogP) is 1.96. The van der Waals surface area contributed by atoms with E-state index in [0.717, 1.165) is 0 Å². The number of esters is 1. The molecular formula is C20H23NO7. The second-order valence-corrected chi connectivity index (χ2v) is 6.98. The highest BCUT2D eigenvalue weighted by Crippen LogP contribution is 2.27. The molecule has 0 saturated heterocycles. The fourth-order valence-corrected chi connectivity index (χ4v) is 3.45. The van der Waals surface area contributed by atoms with E-state index < -0.39 is 18.2 Å². The van der Waals surface area contributed by atoms with Crippen LogP contribution in [0.15, 0.2) is 35.8 Å². The smallest absolute Gasteiger partial charge is 0.411 e. The summed E-state index contributed by atoms with van der Waals surface area (Å²) in [6.45, 7) is 0.123. The van der Waals surface area contributed by atoms with E-state index >= 15 is 0 Å². The highest BCUT2D eigenvalue weighted by Gasteiger charge is 2.32. The van der Waals surface area contributed by atoms with Gasteiger partial charge in [-0.3, -0.25) is 14.9 Å². The number of nitrogens with one attached hydrogen (secondary N) is 1. The first-order valence-electron chi connectivity index (χ1n) is 9.31. The van der Waals surface area contributed by atoms with Gasteiger partial charge in [-0.15, -0.1) is 0 Å². The van der Waals surface area contributed by atoms with Gasteiger partial charge in [0, 0.05) is 18.3 Å². The number of fused-ring (bicyclic) bond motifs is 1. The van der Waals surface area contributed by atoms with Crippen LogP contribution in [0.5, 0.6) is 0 Å². The van der Waals surface area contributed by atoms with E-state index in [1.165, 1.54) is 7.11 Å². The number of ketones is 2. The van der Waals surface area contributed by atoms with Crippen LogP contribution < -0.4 is 5.32 Å². The summed E-state index contributed by atoms with van der Waals surface area (Å²) in [4.78, 5) is 47.0. The molecule has 0 aromatic heterocycles. The van der Waals surface area contributed by atoms with Gasteiger partial charge in [0.1, 0.15) is 29.1 Å². The van der Waals surface area contributed by atoms with Crippen molar-refractivity contribution in [1.82, 2.24) is 5.32 Å². The maximum absolute atomic E-state index is 12.1. The third-order valence-corrected chi connectivity index (χ3v) is 5.01. The minimum Gasteiger partial charge on any atom is -0.497 e. The number of hydrogen-bond acceptors (Lipinski definition) is 7. The second-order valence-electron chi connectivity index (χ2n) is 6.98. The van der Waals surface area contributed by atoms with E-state index in [1.807, 2.05) is 6.08 Å². The summed E-state index contributed by atoms with van der Waals surface area (Å²) in [6.07, 6.45) is 7.81. The molecule has 0 bridgehead atoms. The molecule has 3 rings (SSSR count). The van der Waals surface area contributed by atoms with Crippen LogP contribution in [0.4, 0.5) is 4.79 Å². The van der Waals surface area contributed by atoms with Crippen molar-refractivity contribution in [3.05, 3.63) is 35.8 Å². The quantitative estimate of drug-likeness (QED) is 0.420. The van der Waals surface area contributed by atoms with Gasteiger partial charge in [-0.05, 0) is 37.5 Å². The lowest BCUT2D eigenvalue weighted by atomic mass is 9.84. The van der Waals surface area contributed by atoms with Crippen LogP contribution in [0, 0.1) is 11.8 Å². The zero-order valence-corrected chi connectivity index (χ0v) is 15.6.